The van der Waals surface area contributed by atoms with Gasteiger partial charge >= 0.3 is 0 Å². The van der Waals surface area contributed by atoms with E-state index in [2.05, 4.69) is 16.0 Å². The van der Waals surface area contributed by atoms with Crippen molar-refractivity contribution in [2.24, 2.45) is 0 Å². The van der Waals surface area contributed by atoms with Gasteiger partial charge in [0.15, 0.2) is 0 Å². The molecule has 1 unspecified atom stereocenters. The summed E-state index contributed by atoms with van der Waals surface area (Å²) in [6.07, 6.45) is 1.60. The third kappa shape index (κ3) is 8.49. The van der Waals surface area contributed by atoms with Crippen LogP contribution in [0.25, 0.3) is 6.08 Å². The molecule has 0 radical (unpaired) electrons. The van der Waals surface area contributed by atoms with Crippen molar-refractivity contribution < 1.29 is 23.9 Å². The van der Waals surface area contributed by atoms with Gasteiger partial charge in [0, 0.05) is 27.9 Å². The second kappa shape index (κ2) is 14.6. The molecule has 0 bridgehead atoms. The number of anilines is 2. The highest BCUT2D eigenvalue weighted by atomic mass is 32.2. The number of amides is 3. The topological polar surface area (TPSA) is 106 Å². The predicted octanol–water partition coefficient (Wildman–Crippen LogP) is 6.23. The molecule has 42 heavy (non-hydrogen) atoms. The Kier molecular flexibility index (Phi) is 10.4. The molecule has 0 spiro atoms. The van der Waals surface area contributed by atoms with Crippen molar-refractivity contribution in [2.45, 2.75) is 17.1 Å². The summed E-state index contributed by atoms with van der Waals surface area (Å²) in [6.45, 7) is 1.81. The molecule has 0 heterocycles. The molecule has 0 aliphatic heterocycles. The van der Waals surface area contributed by atoms with Crippen LogP contribution in [0.2, 0.25) is 0 Å². The lowest BCUT2D eigenvalue weighted by Gasteiger charge is -2.14. The van der Waals surface area contributed by atoms with Gasteiger partial charge in [-0.2, -0.15) is 0 Å². The van der Waals surface area contributed by atoms with Crippen molar-refractivity contribution in [1.29, 1.82) is 0 Å². The van der Waals surface area contributed by atoms with Gasteiger partial charge < -0.3 is 25.4 Å². The number of hydrogen-bond donors (Lipinski definition) is 3. The number of nitrogens with one attached hydrogen (secondary N) is 3. The maximum atomic E-state index is 13.4. The molecule has 214 valence electrons. The molecule has 4 aromatic carbocycles. The molecular formula is C33H31N3O5S. The molecule has 3 N–H and O–H groups in total. The zero-order valence-corrected chi connectivity index (χ0v) is 24.2. The van der Waals surface area contributed by atoms with E-state index in [-0.39, 0.29) is 11.6 Å². The maximum absolute atomic E-state index is 13.4. The molecule has 0 saturated carbocycles. The smallest absolute Gasteiger partial charge is 0.272 e. The van der Waals surface area contributed by atoms with Crippen molar-refractivity contribution in [2.75, 3.05) is 24.9 Å². The second-order valence-electron chi connectivity index (χ2n) is 9.11. The summed E-state index contributed by atoms with van der Waals surface area (Å²) >= 11 is 1.35. The molecule has 0 aliphatic carbocycles. The van der Waals surface area contributed by atoms with Crippen molar-refractivity contribution in [3.05, 3.63) is 120 Å². The van der Waals surface area contributed by atoms with Gasteiger partial charge in [-0.3, -0.25) is 14.4 Å². The molecule has 0 saturated heterocycles. The first-order valence-electron chi connectivity index (χ1n) is 13.1. The highest BCUT2D eigenvalue weighted by molar-refractivity contribution is 8.00. The number of hydrogen-bond acceptors (Lipinski definition) is 6. The van der Waals surface area contributed by atoms with E-state index in [1.807, 2.05) is 12.1 Å². The Labute approximate surface area is 249 Å². The number of rotatable bonds is 11. The number of carbonyl (C=O) groups excluding carboxylic acids is 3. The molecule has 0 fully saturated rings. The van der Waals surface area contributed by atoms with E-state index in [1.54, 1.807) is 118 Å². The third-order valence-electron chi connectivity index (χ3n) is 6.07. The molecule has 3 amide bonds. The number of benzene rings is 4. The van der Waals surface area contributed by atoms with Crippen LogP contribution in [0, 0.1) is 0 Å². The largest absolute Gasteiger partial charge is 0.497 e. The third-order valence-corrected chi connectivity index (χ3v) is 7.16. The van der Waals surface area contributed by atoms with Gasteiger partial charge in [-0.25, -0.2) is 0 Å². The molecule has 4 aromatic rings. The van der Waals surface area contributed by atoms with E-state index < -0.39 is 17.1 Å². The van der Waals surface area contributed by atoms with Gasteiger partial charge in [0.05, 0.1) is 19.5 Å². The van der Waals surface area contributed by atoms with E-state index in [0.29, 0.717) is 34.0 Å². The minimum absolute atomic E-state index is 0.0677. The molecule has 8 nitrogen and oxygen atoms in total. The van der Waals surface area contributed by atoms with Gasteiger partial charge in [0.2, 0.25) is 5.91 Å². The van der Waals surface area contributed by atoms with E-state index in [9.17, 15) is 14.4 Å². The SMILES string of the molecule is COc1ccc(/C=C(/NC(=O)c2ccccc2)C(=O)Nc2cccc(SC(C)C(=O)Nc3cccc(OC)c3)c2)cc1. The fourth-order valence-corrected chi connectivity index (χ4v) is 4.78. The Balaban J connectivity index is 1.47. The highest BCUT2D eigenvalue weighted by Crippen LogP contribution is 2.27. The fraction of sp³-hybridized carbons (Fsp3) is 0.121. The van der Waals surface area contributed by atoms with E-state index in [1.165, 1.54) is 11.8 Å². The second-order valence-corrected chi connectivity index (χ2v) is 10.5. The summed E-state index contributed by atoms with van der Waals surface area (Å²) in [7, 11) is 3.14. The lowest BCUT2D eigenvalue weighted by Crippen LogP contribution is -2.30. The summed E-state index contributed by atoms with van der Waals surface area (Å²) in [5.74, 6) is 0.242. The first kappa shape index (κ1) is 30.0. The van der Waals surface area contributed by atoms with Gasteiger partial charge in [-0.15, -0.1) is 11.8 Å². The van der Waals surface area contributed by atoms with E-state index >= 15 is 0 Å². The van der Waals surface area contributed by atoms with Crippen molar-refractivity contribution in [1.82, 2.24) is 5.32 Å². The van der Waals surface area contributed by atoms with Gasteiger partial charge in [-0.05, 0) is 73.2 Å². The van der Waals surface area contributed by atoms with E-state index in [4.69, 9.17) is 9.47 Å². The van der Waals surface area contributed by atoms with Gasteiger partial charge in [-0.1, -0.05) is 42.5 Å². The fourth-order valence-electron chi connectivity index (χ4n) is 3.86. The quantitative estimate of drug-likeness (QED) is 0.143. The van der Waals surface area contributed by atoms with Crippen LogP contribution in [0.4, 0.5) is 11.4 Å². The van der Waals surface area contributed by atoms with Crippen LogP contribution in [0.1, 0.15) is 22.8 Å². The zero-order chi connectivity index (χ0) is 29.9. The minimum Gasteiger partial charge on any atom is -0.497 e. The van der Waals surface area contributed by atoms with Crippen LogP contribution >= 0.6 is 11.8 Å². The Morgan fingerprint density at radius 3 is 2.10 bits per heavy atom. The van der Waals surface area contributed by atoms with Crippen LogP contribution in [0.15, 0.2) is 114 Å². The summed E-state index contributed by atoms with van der Waals surface area (Å²) in [6, 6.07) is 30.1. The lowest BCUT2D eigenvalue weighted by molar-refractivity contribution is -0.115. The monoisotopic (exact) mass is 581 g/mol. The first-order valence-corrected chi connectivity index (χ1v) is 14.0. The van der Waals surface area contributed by atoms with Crippen LogP contribution in [-0.4, -0.2) is 37.2 Å². The zero-order valence-electron chi connectivity index (χ0n) is 23.4. The summed E-state index contributed by atoms with van der Waals surface area (Å²) in [5, 5.41) is 8.07. The number of methoxy groups -OCH3 is 2. The van der Waals surface area contributed by atoms with Crippen LogP contribution in [0.5, 0.6) is 11.5 Å². The highest BCUT2D eigenvalue weighted by Gasteiger charge is 2.17. The summed E-state index contributed by atoms with van der Waals surface area (Å²) in [4.78, 5) is 39.9. The number of carbonyl (C=O) groups is 3. The Bertz CT molecular complexity index is 1570. The van der Waals surface area contributed by atoms with E-state index in [0.717, 1.165) is 4.90 Å². The Hall–Kier alpha value is -5.02. The van der Waals surface area contributed by atoms with Crippen molar-refractivity contribution >= 4 is 46.9 Å². The van der Waals surface area contributed by atoms with Gasteiger partial charge in [0.25, 0.3) is 11.8 Å². The Morgan fingerprint density at radius 1 is 0.738 bits per heavy atom. The normalized spacial score (nSPS) is 11.6. The molecule has 1 atom stereocenters. The Morgan fingerprint density at radius 2 is 1.40 bits per heavy atom. The van der Waals surface area contributed by atoms with Crippen molar-refractivity contribution in [3.63, 3.8) is 0 Å². The molecule has 0 aliphatic rings. The number of thioether (sulfide) groups is 1. The van der Waals surface area contributed by atoms with Crippen LogP contribution in [-0.2, 0) is 9.59 Å². The van der Waals surface area contributed by atoms with Gasteiger partial charge in [0.1, 0.15) is 17.2 Å². The first-order chi connectivity index (χ1) is 20.3. The average Bonchev–Trinajstić information content (AvgIpc) is 3.01. The van der Waals surface area contributed by atoms with Crippen LogP contribution in [0.3, 0.4) is 0 Å². The predicted molar refractivity (Wildman–Crippen MR) is 167 cm³/mol. The van der Waals surface area contributed by atoms with Crippen molar-refractivity contribution in [3.8, 4) is 11.5 Å². The van der Waals surface area contributed by atoms with Crippen LogP contribution < -0.4 is 25.4 Å². The molecule has 9 heteroatoms. The maximum Gasteiger partial charge on any atom is 0.272 e. The molecule has 4 rings (SSSR count). The minimum atomic E-state index is -0.499. The molecule has 0 aromatic heterocycles. The average molecular weight is 582 g/mol. The molecular weight excluding hydrogens is 550 g/mol. The summed E-state index contributed by atoms with van der Waals surface area (Å²) < 4.78 is 10.4. The standard InChI is InChI=1S/C33H31N3O5S/c1-22(31(37)34-25-11-7-13-28(20-25)41-3)42-29-14-8-12-26(21-29)35-33(39)30(19-23-15-17-27(40-2)18-16-23)36-32(38)24-9-5-4-6-10-24/h4-22H,1-3H3,(H,34,37)(H,35,39)(H,36,38)/b30-19+. The lowest BCUT2D eigenvalue weighted by atomic mass is 10.1. The summed E-state index contributed by atoms with van der Waals surface area (Å²) in [5.41, 5.74) is 2.35. The number of ether oxygens (including phenoxy) is 2.